The van der Waals surface area contributed by atoms with Crippen LogP contribution in [0.1, 0.15) is 17.2 Å². The maximum Gasteiger partial charge on any atom is 0.323 e. The number of urea groups is 1. The number of rotatable bonds is 5. The number of piperazine rings is 1. The maximum atomic E-state index is 12.9. The van der Waals surface area contributed by atoms with Gasteiger partial charge in [0.15, 0.2) is 5.13 Å². The molecule has 2 amide bonds. The molecular weight excluding hydrogens is 499 g/mol. The average molecular weight is 523 g/mol. The summed E-state index contributed by atoms with van der Waals surface area (Å²) in [5.41, 5.74) is 4.22. The number of halogens is 2. The van der Waals surface area contributed by atoms with Crippen molar-refractivity contribution in [3.05, 3.63) is 105 Å². The molecule has 1 aromatic heterocycles. The highest BCUT2D eigenvalue weighted by Gasteiger charge is 2.28. The standard InChI is InChI=1S/C27H24Cl2N4OS/c28-22-10-6-20(7-11-22)25(21-8-12-23(29)13-9-21)32-14-16-33(17-15-32)27(34)31-26-30-24(18-35-26)19-4-2-1-3-5-19/h1-13,18,25H,14-17H2,(H,30,31,34). The van der Waals surface area contributed by atoms with Crippen LogP contribution < -0.4 is 5.32 Å². The highest BCUT2D eigenvalue weighted by atomic mass is 35.5. The summed E-state index contributed by atoms with van der Waals surface area (Å²) in [4.78, 5) is 21.8. The van der Waals surface area contributed by atoms with Crippen molar-refractivity contribution in [2.24, 2.45) is 0 Å². The van der Waals surface area contributed by atoms with Crippen LogP contribution in [-0.2, 0) is 0 Å². The topological polar surface area (TPSA) is 48.5 Å². The largest absolute Gasteiger partial charge is 0.323 e. The second-order valence-corrected chi connectivity index (χ2v) is 10.1. The van der Waals surface area contributed by atoms with Gasteiger partial charge in [-0.2, -0.15) is 0 Å². The Morgan fingerprint density at radius 3 is 1.97 bits per heavy atom. The van der Waals surface area contributed by atoms with Crippen molar-refractivity contribution in [2.75, 3.05) is 31.5 Å². The second-order valence-electron chi connectivity index (χ2n) is 8.36. The number of aromatic nitrogens is 1. The number of carbonyl (C=O) groups is 1. The molecule has 8 heteroatoms. The number of hydrogen-bond acceptors (Lipinski definition) is 4. The Bertz CT molecular complexity index is 1230. The quantitative estimate of drug-likeness (QED) is 0.305. The lowest BCUT2D eigenvalue weighted by Gasteiger charge is -2.39. The minimum Gasteiger partial charge on any atom is -0.322 e. The molecule has 35 heavy (non-hydrogen) atoms. The molecule has 0 bridgehead atoms. The fourth-order valence-corrected chi connectivity index (χ4v) is 5.29. The number of thiazole rings is 1. The molecule has 1 N–H and O–H groups in total. The highest BCUT2D eigenvalue weighted by molar-refractivity contribution is 7.14. The van der Waals surface area contributed by atoms with Gasteiger partial charge in [-0.25, -0.2) is 9.78 Å². The number of anilines is 1. The number of nitrogens with one attached hydrogen (secondary N) is 1. The summed E-state index contributed by atoms with van der Waals surface area (Å²) in [5, 5.41) is 6.96. The van der Waals surface area contributed by atoms with Crippen molar-refractivity contribution in [1.82, 2.24) is 14.8 Å². The first-order valence-corrected chi connectivity index (χ1v) is 13.0. The molecule has 2 heterocycles. The molecule has 0 saturated carbocycles. The summed E-state index contributed by atoms with van der Waals surface area (Å²) in [7, 11) is 0. The van der Waals surface area contributed by atoms with E-state index < -0.39 is 0 Å². The van der Waals surface area contributed by atoms with Crippen molar-refractivity contribution in [1.29, 1.82) is 0 Å². The number of carbonyl (C=O) groups excluding carboxylic acids is 1. The number of nitrogens with zero attached hydrogens (tertiary/aromatic N) is 3. The van der Waals surface area contributed by atoms with Crippen molar-refractivity contribution < 1.29 is 4.79 Å². The van der Waals surface area contributed by atoms with Gasteiger partial charge in [-0.15, -0.1) is 11.3 Å². The lowest BCUT2D eigenvalue weighted by molar-refractivity contribution is 0.126. The van der Waals surface area contributed by atoms with Crippen molar-refractivity contribution in [2.45, 2.75) is 6.04 Å². The van der Waals surface area contributed by atoms with Crippen molar-refractivity contribution >= 4 is 45.7 Å². The Morgan fingerprint density at radius 2 is 1.40 bits per heavy atom. The molecule has 1 fully saturated rings. The summed E-state index contributed by atoms with van der Waals surface area (Å²) in [6.45, 7) is 2.74. The zero-order chi connectivity index (χ0) is 24.2. The molecule has 0 atom stereocenters. The van der Waals surface area contributed by atoms with Crippen LogP contribution in [0.4, 0.5) is 9.93 Å². The summed E-state index contributed by atoms with van der Waals surface area (Å²) >= 11 is 13.7. The third-order valence-electron chi connectivity index (χ3n) is 6.13. The third-order valence-corrected chi connectivity index (χ3v) is 7.39. The Labute approximate surface area is 218 Å². The van der Waals surface area contributed by atoms with E-state index in [-0.39, 0.29) is 12.1 Å². The maximum absolute atomic E-state index is 12.9. The van der Waals surface area contributed by atoms with E-state index in [0.717, 1.165) is 35.5 Å². The average Bonchev–Trinajstić information content (AvgIpc) is 3.36. The van der Waals surface area contributed by atoms with Crippen molar-refractivity contribution in [3.63, 3.8) is 0 Å². The van der Waals surface area contributed by atoms with Crippen LogP contribution in [0.15, 0.2) is 84.2 Å². The Morgan fingerprint density at radius 1 is 0.829 bits per heavy atom. The normalized spacial score (nSPS) is 14.3. The molecule has 0 radical (unpaired) electrons. The summed E-state index contributed by atoms with van der Waals surface area (Å²) in [5.74, 6) is 0. The Kier molecular flexibility index (Phi) is 7.35. The first kappa shape index (κ1) is 23.8. The van der Waals surface area contributed by atoms with Gasteiger partial charge in [-0.3, -0.25) is 10.2 Å². The zero-order valence-corrected chi connectivity index (χ0v) is 21.2. The minimum atomic E-state index is -0.117. The molecule has 1 aliphatic rings. The molecule has 5 rings (SSSR count). The number of amides is 2. The Hall–Kier alpha value is -2.90. The summed E-state index contributed by atoms with van der Waals surface area (Å²) < 4.78 is 0. The SMILES string of the molecule is O=C(Nc1nc(-c2ccccc2)cs1)N1CCN(C(c2ccc(Cl)cc2)c2ccc(Cl)cc2)CC1. The molecule has 3 aromatic carbocycles. The number of benzene rings is 3. The molecule has 178 valence electrons. The molecule has 1 saturated heterocycles. The molecular formula is C27H24Cl2N4OS. The summed E-state index contributed by atoms with van der Waals surface area (Å²) in [6.07, 6.45) is 0. The van der Waals surface area contributed by atoms with Crippen LogP contribution in [0.2, 0.25) is 10.0 Å². The zero-order valence-electron chi connectivity index (χ0n) is 18.9. The molecule has 0 aliphatic carbocycles. The van der Waals surface area contributed by atoms with Gasteiger partial charge in [-0.1, -0.05) is 77.8 Å². The highest BCUT2D eigenvalue weighted by Crippen LogP contribution is 2.31. The third kappa shape index (κ3) is 5.68. The van der Waals surface area contributed by atoms with E-state index in [1.54, 1.807) is 0 Å². The Balaban J connectivity index is 1.25. The molecule has 0 unspecified atom stereocenters. The fraction of sp³-hybridized carbons (Fsp3) is 0.185. The van der Waals surface area contributed by atoms with Gasteiger partial charge in [-0.05, 0) is 35.4 Å². The predicted molar refractivity (Wildman–Crippen MR) is 144 cm³/mol. The van der Waals surface area contributed by atoms with Crippen LogP contribution >= 0.6 is 34.5 Å². The van der Waals surface area contributed by atoms with Crippen LogP contribution in [0.5, 0.6) is 0 Å². The van der Waals surface area contributed by atoms with E-state index in [0.29, 0.717) is 28.3 Å². The van der Waals surface area contributed by atoms with Gasteiger partial charge < -0.3 is 4.90 Å². The van der Waals surface area contributed by atoms with Crippen LogP contribution in [0, 0.1) is 0 Å². The molecule has 4 aromatic rings. The second kappa shape index (κ2) is 10.8. The van der Waals surface area contributed by atoms with Crippen LogP contribution in [0.3, 0.4) is 0 Å². The lowest BCUT2D eigenvalue weighted by Crippen LogP contribution is -2.51. The van der Waals surface area contributed by atoms with E-state index in [9.17, 15) is 4.79 Å². The van der Waals surface area contributed by atoms with Gasteiger partial charge >= 0.3 is 6.03 Å². The monoisotopic (exact) mass is 522 g/mol. The van der Waals surface area contributed by atoms with Gasteiger partial charge in [0, 0.05) is 47.2 Å². The molecule has 5 nitrogen and oxygen atoms in total. The fourth-order valence-electron chi connectivity index (χ4n) is 4.33. The molecule has 1 aliphatic heterocycles. The lowest BCUT2D eigenvalue weighted by atomic mass is 9.96. The van der Waals surface area contributed by atoms with Crippen molar-refractivity contribution in [3.8, 4) is 11.3 Å². The smallest absolute Gasteiger partial charge is 0.322 e. The van der Waals surface area contributed by atoms with E-state index in [1.165, 1.54) is 11.3 Å². The van der Waals surface area contributed by atoms with E-state index in [4.69, 9.17) is 23.2 Å². The number of hydrogen-bond donors (Lipinski definition) is 1. The predicted octanol–water partition coefficient (Wildman–Crippen LogP) is 7.06. The van der Waals surface area contributed by atoms with Gasteiger partial charge in [0.25, 0.3) is 0 Å². The van der Waals surface area contributed by atoms with Gasteiger partial charge in [0.05, 0.1) is 11.7 Å². The van der Waals surface area contributed by atoms with E-state index in [1.807, 2.05) is 64.9 Å². The van der Waals surface area contributed by atoms with Crippen LogP contribution in [0.25, 0.3) is 11.3 Å². The van der Waals surface area contributed by atoms with Gasteiger partial charge in [0.1, 0.15) is 0 Å². The molecule has 0 spiro atoms. The first-order valence-electron chi connectivity index (χ1n) is 11.4. The summed E-state index contributed by atoms with van der Waals surface area (Å²) in [6, 6.07) is 25.8. The van der Waals surface area contributed by atoms with Crippen LogP contribution in [-0.4, -0.2) is 47.0 Å². The van der Waals surface area contributed by atoms with Gasteiger partial charge in [0.2, 0.25) is 0 Å². The van der Waals surface area contributed by atoms with E-state index >= 15 is 0 Å². The van der Waals surface area contributed by atoms with E-state index in [2.05, 4.69) is 39.5 Å². The first-order chi connectivity index (χ1) is 17.1. The minimum absolute atomic E-state index is 0.0575.